The van der Waals surface area contributed by atoms with Crippen molar-refractivity contribution < 1.29 is 9.84 Å². The molecule has 1 aromatic rings. The first-order valence-corrected chi connectivity index (χ1v) is 12.4. The van der Waals surface area contributed by atoms with E-state index < -0.39 is 5.60 Å². The lowest BCUT2D eigenvalue weighted by molar-refractivity contribution is -0.0338. The molecule has 2 heterocycles. The third-order valence-corrected chi connectivity index (χ3v) is 8.22. The molecule has 3 fully saturated rings. The van der Waals surface area contributed by atoms with Gasteiger partial charge in [-0.3, -0.25) is 0 Å². The molecule has 1 saturated carbocycles. The van der Waals surface area contributed by atoms with E-state index in [4.69, 9.17) is 4.74 Å². The molecule has 2 saturated heterocycles. The minimum Gasteiger partial charge on any atom is -0.496 e. The maximum absolute atomic E-state index is 11.7. The van der Waals surface area contributed by atoms with Crippen LogP contribution in [-0.4, -0.2) is 66.4 Å². The summed E-state index contributed by atoms with van der Waals surface area (Å²) >= 11 is 3.66. The molecular weight excluding hydrogens is 499 g/mol. The van der Waals surface area contributed by atoms with Gasteiger partial charge >= 0.3 is 0 Å². The number of rotatable bonds is 6. The molecule has 7 heteroatoms. The van der Waals surface area contributed by atoms with E-state index in [1.807, 2.05) is 6.07 Å². The highest BCUT2D eigenvalue weighted by Gasteiger charge is 2.40. The Labute approximate surface area is 209 Å². The zero-order valence-corrected chi connectivity index (χ0v) is 21.9. The predicted molar refractivity (Wildman–Crippen MR) is 136 cm³/mol. The van der Waals surface area contributed by atoms with Crippen LogP contribution in [0.15, 0.2) is 22.7 Å². The van der Waals surface area contributed by atoms with E-state index in [0.29, 0.717) is 0 Å². The number of nitrogens with zero attached hydrogens (tertiary/aromatic N) is 2. The van der Waals surface area contributed by atoms with E-state index >= 15 is 0 Å². The summed E-state index contributed by atoms with van der Waals surface area (Å²) in [5.74, 6) is 1.02. The summed E-state index contributed by atoms with van der Waals surface area (Å²) in [6.07, 6.45) is 10.7. The molecular formula is C24H39BrCl2N2O2. The third-order valence-electron chi connectivity index (χ3n) is 7.60. The second kappa shape index (κ2) is 12.4. The van der Waals surface area contributed by atoms with Gasteiger partial charge in [0.05, 0.1) is 17.2 Å². The highest BCUT2D eigenvalue weighted by molar-refractivity contribution is 9.10. The SMILES string of the molecule is COc1ccc(C(CN2CCC(N3CCCC3)CC2)C2(O)CCCCC2)cc1Br.Cl.Cl. The first-order chi connectivity index (χ1) is 14.1. The number of ether oxygens (including phenoxy) is 1. The number of methoxy groups -OCH3 is 1. The number of aliphatic hydroxyl groups is 1. The van der Waals surface area contributed by atoms with E-state index in [0.717, 1.165) is 61.6 Å². The number of piperidine rings is 1. The van der Waals surface area contributed by atoms with Crippen LogP contribution in [0.5, 0.6) is 5.75 Å². The molecule has 1 aromatic carbocycles. The molecule has 0 spiro atoms. The quantitative estimate of drug-likeness (QED) is 0.509. The van der Waals surface area contributed by atoms with Crippen LogP contribution in [0, 0.1) is 0 Å². The Morgan fingerprint density at radius 3 is 2.26 bits per heavy atom. The monoisotopic (exact) mass is 536 g/mol. The third kappa shape index (κ3) is 6.51. The summed E-state index contributed by atoms with van der Waals surface area (Å²) in [5, 5.41) is 11.7. The molecule has 0 amide bonds. The predicted octanol–water partition coefficient (Wildman–Crippen LogP) is 5.64. The number of hydrogen-bond donors (Lipinski definition) is 1. The summed E-state index contributed by atoms with van der Waals surface area (Å²) in [6.45, 7) is 5.87. The van der Waals surface area contributed by atoms with Crippen molar-refractivity contribution in [3.63, 3.8) is 0 Å². The van der Waals surface area contributed by atoms with Crippen molar-refractivity contribution >= 4 is 40.7 Å². The zero-order chi connectivity index (χ0) is 20.3. The first-order valence-electron chi connectivity index (χ1n) is 11.6. The maximum Gasteiger partial charge on any atom is 0.133 e. The highest BCUT2D eigenvalue weighted by Crippen LogP contribution is 2.42. The van der Waals surface area contributed by atoms with Crippen LogP contribution in [0.2, 0.25) is 0 Å². The summed E-state index contributed by atoms with van der Waals surface area (Å²) in [7, 11) is 1.70. The number of halogens is 3. The van der Waals surface area contributed by atoms with Crippen LogP contribution in [0.4, 0.5) is 0 Å². The van der Waals surface area contributed by atoms with Gasteiger partial charge in [-0.25, -0.2) is 0 Å². The van der Waals surface area contributed by atoms with Gasteiger partial charge in [-0.05, 0) is 98.3 Å². The van der Waals surface area contributed by atoms with Gasteiger partial charge in [0.2, 0.25) is 0 Å². The second-order valence-corrected chi connectivity index (χ2v) is 10.2. The highest BCUT2D eigenvalue weighted by atomic mass is 79.9. The Hall–Kier alpha value is -0.0400. The van der Waals surface area contributed by atoms with E-state index in [1.54, 1.807) is 7.11 Å². The zero-order valence-electron chi connectivity index (χ0n) is 18.7. The molecule has 4 rings (SSSR count). The van der Waals surface area contributed by atoms with Crippen LogP contribution in [0.25, 0.3) is 0 Å². The molecule has 1 N–H and O–H groups in total. The van der Waals surface area contributed by atoms with Gasteiger partial charge in [-0.1, -0.05) is 25.3 Å². The maximum atomic E-state index is 11.7. The average molecular weight is 538 g/mol. The Kier molecular flexibility index (Phi) is 10.9. The van der Waals surface area contributed by atoms with Crippen molar-refractivity contribution in [1.82, 2.24) is 9.80 Å². The average Bonchev–Trinajstić information content (AvgIpc) is 3.28. The normalized spacial score (nSPS) is 23.6. The van der Waals surface area contributed by atoms with Gasteiger partial charge in [-0.15, -0.1) is 24.8 Å². The van der Waals surface area contributed by atoms with Gasteiger partial charge in [0, 0.05) is 18.5 Å². The second-order valence-electron chi connectivity index (χ2n) is 9.39. The van der Waals surface area contributed by atoms with Gasteiger partial charge < -0.3 is 19.6 Å². The Morgan fingerprint density at radius 1 is 1.03 bits per heavy atom. The number of hydrogen-bond acceptors (Lipinski definition) is 4. The van der Waals surface area contributed by atoms with Crippen LogP contribution in [-0.2, 0) is 0 Å². The lowest BCUT2D eigenvalue weighted by Crippen LogP contribution is -2.48. The Bertz CT molecular complexity index is 674. The smallest absolute Gasteiger partial charge is 0.133 e. The minimum absolute atomic E-state index is 0. The topological polar surface area (TPSA) is 35.9 Å². The van der Waals surface area contributed by atoms with Gasteiger partial charge in [0.15, 0.2) is 0 Å². The summed E-state index contributed by atoms with van der Waals surface area (Å²) in [6, 6.07) is 7.16. The van der Waals surface area contributed by atoms with Crippen molar-refractivity contribution in [1.29, 1.82) is 0 Å². The van der Waals surface area contributed by atoms with E-state index in [2.05, 4.69) is 37.9 Å². The molecule has 31 heavy (non-hydrogen) atoms. The summed E-state index contributed by atoms with van der Waals surface area (Å²) < 4.78 is 6.42. The van der Waals surface area contributed by atoms with E-state index in [1.165, 1.54) is 50.8 Å². The molecule has 1 aliphatic carbocycles. The Balaban J connectivity index is 0.00000171. The van der Waals surface area contributed by atoms with Crippen molar-refractivity contribution in [3.8, 4) is 5.75 Å². The van der Waals surface area contributed by atoms with Gasteiger partial charge in [-0.2, -0.15) is 0 Å². The van der Waals surface area contributed by atoms with Gasteiger partial charge in [0.25, 0.3) is 0 Å². The van der Waals surface area contributed by atoms with Crippen molar-refractivity contribution in [2.24, 2.45) is 0 Å². The molecule has 0 bridgehead atoms. The molecule has 1 unspecified atom stereocenters. The fraction of sp³-hybridized carbons (Fsp3) is 0.750. The lowest BCUT2D eigenvalue weighted by atomic mass is 9.72. The molecule has 3 aliphatic rings. The van der Waals surface area contributed by atoms with Crippen LogP contribution in [0.3, 0.4) is 0 Å². The molecule has 178 valence electrons. The van der Waals surface area contributed by atoms with Crippen LogP contribution in [0.1, 0.15) is 69.3 Å². The summed E-state index contributed by atoms with van der Waals surface area (Å²) in [5.41, 5.74) is 0.654. The van der Waals surface area contributed by atoms with Crippen molar-refractivity contribution in [2.45, 2.75) is 75.3 Å². The fourth-order valence-electron chi connectivity index (χ4n) is 5.83. The molecule has 2 aliphatic heterocycles. The van der Waals surface area contributed by atoms with Gasteiger partial charge in [0.1, 0.15) is 5.75 Å². The van der Waals surface area contributed by atoms with Crippen LogP contribution >= 0.6 is 40.7 Å². The van der Waals surface area contributed by atoms with E-state index in [-0.39, 0.29) is 30.7 Å². The van der Waals surface area contributed by atoms with Crippen molar-refractivity contribution in [3.05, 3.63) is 28.2 Å². The molecule has 0 radical (unpaired) electrons. The molecule has 1 atom stereocenters. The van der Waals surface area contributed by atoms with Crippen molar-refractivity contribution in [2.75, 3.05) is 39.8 Å². The largest absolute Gasteiger partial charge is 0.496 e. The standard InChI is InChI=1S/C24H37BrN2O2.2ClH/c1-29-23-8-7-19(17-22(23)25)21(24(28)11-3-2-4-12-24)18-26-15-9-20(10-16-26)27-13-5-6-14-27;;/h7-8,17,20-21,28H,2-6,9-16,18H2,1H3;2*1H. The summed E-state index contributed by atoms with van der Waals surface area (Å²) in [4.78, 5) is 5.33. The molecule has 0 aromatic heterocycles. The van der Waals surface area contributed by atoms with E-state index in [9.17, 15) is 5.11 Å². The Morgan fingerprint density at radius 2 is 1.68 bits per heavy atom. The lowest BCUT2D eigenvalue weighted by Gasteiger charge is -2.44. The minimum atomic E-state index is -0.585. The number of likely N-dealkylation sites (tertiary alicyclic amines) is 2. The molecule has 4 nitrogen and oxygen atoms in total. The number of benzene rings is 1. The van der Waals surface area contributed by atoms with Crippen LogP contribution < -0.4 is 4.74 Å². The fourth-order valence-corrected chi connectivity index (χ4v) is 6.39. The first kappa shape index (κ1) is 27.2.